The third-order valence-corrected chi connectivity index (χ3v) is 3.64. The van der Waals surface area contributed by atoms with E-state index in [1.165, 1.54) is 5.56 Å². The molecule has 0 bridgehead atoms. The SMILES string of the molecule is C=CCCCN(C)C(=NCCCc1ccc(OC)cc1)NCC.I. The van der Waals surface area contributed by atoms with Gasteiger partial charge in [0.25, 0.3) is 0 Å². The number of benzene rings is 1. The van der Waals surface area contributed by atoms with Gasteiger partial charge in [-0.25, -0.2) is 0 Å². The molecule has 1 aromatic rings. The maximum absolute atomic E-state index is 5.18. The number of nitrogens with zero attached hydrogens (tertiary/aromatic N) is 2. The fraction of sp³-hybridized carbons (Fsp3) is 0.526. The number of unbranched alkanes of at least 4 members (excludes halogenated alkanes) is 1. The highest BCUT2D eigenvalue weighted by Gasteiger charge is 2.04. The van der Waals surface area contributed by atoms with Crippen LogP contribution in [0.15, 0.2) is 41.9 Å². The van der Waals surface area contributed by atoms with E-state index in [4.69, 9.17) is 9.73 Å². The van der Waals surface area contributed by atoms with Crippen LogP contribution in [0.3, 0.4) is 0 Å². The first-order valence-corrected chi connectivity index (χ1v) is 8.44. The molecule has 0 heterocycles. The topological polar surface area (TPSA) is 36.9 Å². The number of nitrogens with one attached hydrogen (secondary N) is 1. The number of methoxy groups -OCH3 is 1. The summed E-state index contributed by atoms with van der Waals surface area (Å²) in [7, 11) is 3.78. The van der Waals surface area contributed by atoms with Crippen LogP contribution in [0.5, 0.6) is 5.75 Å². The van der Waals surface area contributed by atoms with E-state index in [-0.39, 0.29) is 24.0 Å². The molecule has 0 spiro atoms. The number of aliphatic imine (C=N–C) groups is 1. The summed E-state index contributed by atoms with van der Waals surface area (Å²) in [4.78, 5) is 6.92. The van der Waals surface area contributed by atoms with Gasteiger partial charge in [0, 0.05) is 26.7 Å². The highest BCUT2D eigenvalue weighted by atomic mass is 127. The van der Waals surface area contributed by atoms with Crippen molar-refractivity contribution in [3.63, 3.8) is 0 Å². The Labute approximate surface area is 164 Å². The molecule has 4 nitrogen and oxygen atoms in total. The van der Waals surface area contributed by atoms with Gasteiger partial charge >= 0.3 is 0 Å². The molecule has 1 N–H and O–H groups in total. The number of guanidine groups is 1. The van der Waals surface area contributed by atoms with E-state index in [1.54, 1.807) is 7.11 Å². The summed E-state index contributed by atoms with van der Waals surface area (Å²) in [5.74, 6) is 1.90. The molecule has 0 aliphatic heterocycles. The molecule has 0 unspecified atom stereocenters. The Balaban J connectivity index is 0.00000529. The van der Waals surface area contributed by atoms with Gasteiger partial charge in [0.05, 0.1) is 7.11 Å². The van der Waals surface area contributed by atoms with Gasteiger partial charge < -0.3 is 15.0 Å². The molecule has 0 saturated heterocycles. The number of hydrogen-bond donors (Lipinski definition) is 1. The van der Waals surface area contributed by atoms with Gasteiger partial charge in [-0.1, -0.05) is 18.2 Å². The average molecular weight is 445 g/mol. The third kappa shape index (κ3) is 9.15. The van der Waals surface area contributed by atoms with Crippen molar-refractivity contribution in [3.8, 4) is 5.75 Å². The molecule has 0 atom stereocenters. The zero-order valence-electron chi connectivity index (χ0n) is 15.3. The van der Waals surface area contributed by atoms with E-state index in [0.29, 0.717) is 0 Å². The molecule has 136 valence electrons. The summed E-state index contributed by atoms with van der Waals surface area (Å²) in [5, 5.41) is 3.36. The molecule has 0 aliphatic carbocycles. The van der Waals surface area contributed by atoms with Crippen LogP contribution in [0.4, 0.5) is 0 Å². The maximum atomic E-state index is 5.18. The lowest BCUT2D eigenvalue weighted by Crippen LogP contribution is -2.39. The smallest absolute Gasteiger partial charge is 0.193 e. The number of hydrogen-bond acceptors (Lipinski definition) is 2. The van der Waals surface area contributed by atoms with Crippen molar-refractivity contribution in [1.29, 1.82) is 0 Å². The zero-order valence-corrected chi connectivity index (χ0v) is 17.6. The fourth-order valence-corrected chi connectivity index (χ4v) is 2.31. The van der Waals surface area contributed by atoms with Crippen LogP contribution in [-0.2, 0) is 6.42 Å². The first kappa shape index (κ1) is 22.8. The molecule has 0 aromatic heterocycles. The molecular weight excluding hydrogens is 413 g/mol. The van der Waals surface area contributed by atoms with Crippen LogP contribution in [0.1, 0.15) is 31.7 Å². The molecular formula is C19H32IN3O. The standard InChI is InChI=1S/C19H31N3O.HI/c1-5-7-8-16-22(3)19(20-6-2)21-15-9-10-17-11-13-18(23-4)14-12-17;/h5,11-14H,1,6-10,15-16H2,2-4H3,(H,20,21);1H. The summed E-state index contributed by atoms with van der Waals surface area (Å²) < 4.78 is 5.18. The Morgan fingerprint density at radius 3 is 2.58 bits per heavy atom. The Kier molecular flexibility index (Phi) is 13.4. The normalized spacial score (nSPS) is 10.7. The number of ether oxygens (including phenoxy) is 1. The number of aryl methyl sites for hydroxylation is 1. The summed E-state index contributed by atoms with van der Waals surface area (Å²) in [6.45, 7) is 8.59. The van der Waals surface area contributed by atoms with Crippen molar-refractivity contribution in [1.82, 2.24) is 10.2 Å². The van der Waals surface area contributed by atoms with Crippen LogP contribution in [-0.4, -0.2) is 44.7 Å². The van der Waals surface area contributed by atoms with E-state index in [0.717, 1.165) is 57.0 Å². The minimum atomic E-state index is 0. The molecule has 1 aromatic carbocycles. The largest absolute Gasteiger partial charge is 0.497 e. The van der Waals surface area contributed by atoms with Gasteiger partial charge in [-0.3, -0.25) is 4.99 Å². The molecule has 0 fully saturated rings. The highest BCUT2D eigenvalue weighted by Crippen LogP contribution is 2.12. The van der Waals surface area contributed by atoms with E-state index in [9.17, 15) is 0 Å². The van der Waals surface area contributed by atoms with Crippen molar-refractivity contribution in [3.05, 3.63) is 42.5 Å². The van der Waals surface area contributed by atoms with Crippen molar-refractivity contribution < 1.29 is 4.74 Å². The maximum Gasteiger partial charge on any atom is 0.193 e. The highest BCUT2D eigenvalue weighted by molar-refractivity contribution is 14.0. The monoisotopic (exact) mass is 445 g/mol. The van der Waals surface area contributed by atoms with Crippen molar-refractivity contribution in [2.45, 2.75) is 32.6 Å². The Bertz CT molecular complexity index is 474. The van der Waals surface area contributed by atoms with E-state index < -0.39 is 0 Å². The first-order valence-electron chi connectivity index (χ1n) is 8.44. The Morgan fingerprint density at radius 1 is 1.29 bits per heavy atom. The van der Waals surface area contributed by atoms with Gasteiger partial charge in [-0.15, -0.1) is 30.6 Å². The second-order valence-electron chi connectivity index (χ2n) is 5.54. The van der Waals surface area contributed by atoms with E-state index in [1.807, 2.05) is 18.2 Å². The van der Waals surface area contributed by atoms with Gasteiger partial charge in [-0.05, 0) is 50.3 Å². The number of halogens is 1. The van der Waals surface area contributed by atoms with Gasteiger partial charge in [0.15, 0.2) is 5.96 Å². The average Bonchev–Trinajstić information content (AvgIpc) is 2.58. The van der Waals surface area contributed by atoms with Gasteiger partial charge in [0.2, 0.25) is 0 Å². The lowest BCUT2D eigenvalue weighted by atomic mass is 10.1. The van der Waals surface area contributed by atoms with Crippen molar-refractivity contribution in [2.75, 3.05) is 33.8 Å². The number of rotatable bonds is 10. The Hall–Kier alpha value is -1.24. The molecule has 24 heavy (non-hydrogen) atoms. The molecule has 1 rings (SSSR count). The second kappa shape index (κ2) is 14.1. The second-order valence-corrected chi connectivity index (χ2v) is 5.54. The van der Waals surface area contributed by atoms with Crippen LogP contribution >= 0.6 is 24.0 Å². The third-order valence-electron chi connectivity index (χ3n) is 3.64. The quantitative estimate of drug-likeness (QED) is 0.194. The van der Waals surface area contributed by atoms with E-state index >= 15 is 0 Å². The van der Waals surface area contributed by atoms with Crippen molar-refractivity contribution >= 4 is 29.9 Å². The molecule has 0 amide bonds. The van der Waals surface area contributed by atoms with Crippen molar-refractivity contribution in [2.24, 2.45) is 4.99 Å². The summed E-state index contributed by atoms with van der Waals surface area (Å²) in [6.07, 6.45) is 6.19. The molecule has 5 heteroatoms. The molecule has 0 saturated carbocycles. The minimum absolute atomic E-state index is 0. The van der Waals surface area contributed by atoms with Crippen LogP contribution in [0.2, 0.25) is 0 Å². The van der Waals surface area contributed by atoms with Crippen LogP contribution in [0.25, 0.3) is 0 Å². The fourth-order valence-electron chi connectivity index (χ4n) is 2.31. The molecule has 0 radical (unpaired) electrons. The lowest BCUT2D eigenvalue weighted by molar-refractivity contribution is 0.414. The zero-order chi connectivity index (χ0) is 16.9. The lowest BCUT2D eigenvalue weighted by Gasteiger charge is -2.21. The number of allylic oxidation sites excluding steroid dienone is 1. The summed E-state index contributed by atoms with van der Waals surface area (Å²) in [6, 6.07) is 8.26. The van der Waals surface area contributed by atoms with Gasteiger partial charge in [0.1, 0.15) is 5.75 Å². The predicted molar refractivity (Wildman–Crippen MR) is 115 cm³/mol. The predicted octanol–water partition coefficient (Wildman–Crippen LogP) is 4.11. The minimum Gasteiger partial charge on any atom is -0.497 e. The van der Waals surface area contributed by atoms with Crippen LogP contribution in [0, 0.1) is 0 Å². The Morgan fingerprint density at radius 2 is 2.00 bits per heavy atom. The molecule has 0 aliphatic rings. The summed E-state index contributed by atoms with van der Waals surface area (Å²) >= 11 is 0. The van der Waals surface area contributed by atoms with E-state index in [2.05, 4.69) is 42.9 Å². The van der Waals surface area contributed by atoms with Gasteiger partial charge in [-0.2, -0.15) is 0 Å². The van der Waals surface area contributed by atoms with Crippen LogP contribution < -0.4 is 10.1 Å². The summed E-state index contributed by atoms with van der Waals surface area (Å²) in [5.41, 5.74) is 1.32. The first-order chi connectivity index (χ1) is 11.2.